The minimum absolute atomic E-state index is 0.0655. The third kappa shape index (κ3) is 4.45. The minimum Gasteiger partial charge on any atom is -0.350 e. The van der Waals surface area contributed by atoms with Gasteiger partial charge in [-0.1, -0.05) is 30.3 Å². The van der Waals surface area contributed by atoms with Gasteiger partial charge in [-0.05, 0) is 24.1 Å². The molecule has 3 rings (SSSR count). The van der Waals surface area contributed by atoms with Crippen LogP contribution < -0.4 is 10.6 Å². The van der Waals surface area contributed by atoms with E-state index in [2.05, 4.69) is 15.6 Å². The summed E-state index contributed by atoms with van der Waals surface area (Å²) in [6.45, 7) is 0. The van der Waals surface area contributed by atoms with Crippen molar-refractivity contribution in [1.82, 2.24) is 15.6 Å². The molecule has 1 aliphatic heterocycles. The molecule has 7 nitrogen and oxygen atoms in total. The molecule has 0 aliphatic carbocycles. The summed E-state index contributed by atoms with van der Waals surface area (Å²) in [6, 6.07) is 10.7. The van der Waals surface area contributed by atoms with Crippen LogP contribution in [0.4, 0.5) is 0 Å². The van der Waals surface area contributed by atoms with Crippen LogP contribution in [0.5, 0.6) is 0 Å². The Morgan fingerprint density at radius 2 is 1.88 bits per heavy atom. The van der Waals surface area contributed by atoms with Gasteiger partial charge in [-0.2, -0.15) is 0 Å². The highest BCUT2D eigenvalue weighted by Crippen LogP contribution is 2.17. The highest BCUT2D eigenvalue weighted by atomic mass is 32.2. The first-order chi connectivity index (χ1) is 12.4. The highest BCUT2D eigenvalue weighted by molar-refractivity contribution is 7.91. The lowest BCUT2D eigenvalue weighted by atomic mass is 10.0. The van der Waals surface area contributed by atoms with Gasteiger partial charge in [0.05, 0.1) is 17.1 Å². The molecule has 26 heavy (non-hydrogen) atoms. The third-order valence-electron chi connectivity index (χ3n) is 4.17. The van der Waals surface area contributed by atoms with Crippen LogP contribution in [0.2, 0.25) is 0 Å². The van der Waals surface area contributed by atoms with Crippen LogP contribution in [0.1, 0.15) is 28.4 Å². The summed E-state index contributed by atoms with van der Waals surface area (Å²) in [5, 5.41) is 5.45. The van der Waals surface area contributed by atoms with Gasteiger partial charge in [-0.15, -0.1) is 0 Å². The van der Waals surface area contributed by atoms with Crippen LogP contribution in [0.3, 0.4) is 0 Å². The number of benzene rings is 1. The van der Waals surface area contributed by atoms with Crippen molar-refractivity contribution in [2.45, 2.75) is 18.5 Å². The molecule has 1 fully saturated rings. The van der Waals surface area contributed by atoms with Gasteiger partial charge in [-0.25, -0.2) is 8.42 Å². The van der Waals surface area contributed by atoms with Crippen LogP contribution in [-0.2, 0) is 14.6 Å². The van der Waals surface area contributed by atoms with Crippen LogP contribution in [-0.4, -0.2) is 42.8 Å². The average molecular weight is 373 g/mol. The van der Waals surface area contributed by atoms with E-state index in [1.54, 1.807) is 42.6 Å². The summed E-state index contributed by atoms with van der Waals surface area (Å²) < 4.78 is 23.2. The van der Waals surface area contributed by atoms with E-state index in [1.807, 2.05) is 6.07 Å². The van der Waals surface area contributed by atoms with E-state index in [1.165, 1.54) is 6.20 Å². The highest BCUT2D eigenvalue weighted by Gasteiger charge is 2.32. The van der Waals surface area contributed by atoms with Gasteiger partial charge in [0.1, 0.15) is 6.04 Å². The van der Waals surface area contributed by atoms with Crippen molar-refractivity contribution in [3.05, 3.63) is 66.0 Å². The SMILES string of the molecule is O=C(N[C@@H](C(=O)N[C@H]1CCS(=O)(=O)C1)c1ccccc1)c1cccnc1. The molecule has 2 N–H and O–H groups in total. The summed E-state index contributed by atoms with van der Waals surface area (Å²) in [7, 11) is -3.11. The maximum atomic E-state index is 12.7. The lowest BCUT2D eigenvalue weighted by Crippen LogP contribution is -2.44. The number of hydrogen-bond acceptors (Lipinski definition) is 5. The largest absolute Gasteiger partial charge is 0.350 e. The standard InChI is InChI=1S/C18H19N3O4S/c22-17(14-7-4-9-19-11-14)21-16(13-5-2-1-3-6-13)18(23)20-15-8-10-26(24,25)12-15/h1-7,9,11,15-16H,8,10,12H2,(H,20,23)(H,21,22)/t15-,16+/m0/s1. The van der Waals surface area contributed by atoms with Crippen molar-refractivity contribution in [2.75, 3.05) is 11.5 Å². The molecule has 8 heteroatoms. The summed E-state index contributed by atoms with van der Waals surface area (Å²) in [6.07, 6.45) is 3.35. The molecular weight excluding hydrogens is 354 g/mol. The van der Waals surface area contributed by atoms with Crippen molar-refractivity contribution in [1.29, 1.82) is 0 Å². The van der Waals surface area contributed by atoms with E-state index in [0.717, 1.165) is 0 Å². The molecule has 1 saturated heterocycles. The number of rotatable bonds is 5. The molecule has 1 aliphatic rings. The maximum absolute atomic E-state index is 12.7. The molecule has 1 aromatic heterocycles. The minimum atomic E-state index is -3.11. The Morgan fingerprint density at radius 1 is 1.12 bits per heavy atom. The average Bonchev–Trinajstić information content (AvgIpc) is 2.99. The predicted molar refractivity (Wildman–Crippen MR) is 96.1 cm³/mol. The first-order valence-electron chi connectivity index (χ1n) is 8.21. The Morgan fingerprint density at radius 3 is 2.50 bits per heavy atom. The van der Waals surface area contributed by atoms with Crippen LogP contribution in [0, 0.1) is 0 Å². The Balaban J connectivity index is 1.77. The number of hydrogen-bond donors (Lipinski definition) is 2. The number of pyridine rings is 1. The van der Waals surface area contributed by atoms with Crippen LogP contribution in [0.25, 0.3) is 0 Å². The smallest absolute Gasteiger partial charge is 0.253 e. The Labute approximate surface area is 151 Å². The molecule has 136 valence electrons. The lowest BCUT2D eigenvalue weighted by Gasteiger charge is -2.21. The Hall–Kier alpha value is -2.74. The topological polar surface area (TPSA) is 105 Å². The zero-order chi connectivity index (χ0) is 18.6. The molecule has 2 amide bonds. The number of amides is 2. The second kappa shape index (κ2) is 7.65. The van der Waals surface area contributed by atoms with Crippen molar-refractivity contribution in [2.24, 2.45) is 0 Å². The number of sulfone groups is 1. The fourth-order valence-electron chi connectivity index (χ4n) is 2.85. The first kappa shape index (κ1) is 18.1. The molecule has 0 radical (unpaired) electrons. The fraction of sp³-hybridized carbons (Fsp3) is 0.278. The number of carbonyl (C=O) groups excluding carboxylic acids is 2. The van der Waals surface area contributed by atoms with E-state index in [9.17, 15) is 18.0 Å². The van der Waals surface area contributed by atoms with Gasteiger partial charge in [0.15, 0.2) is 9.84 Å². The molecular formula is C18H19N3O4S. The van der Waals surface area contributed by atoms with Gasteiger partial charge in [-0.3, -0.25) is 14.6 Å². The second-order valence-electron chi connectivity index (χ2n) is 6.17. The molecule has 0 spiro atoms. The maximum Gasteiger partial charge on any atom is 0.253 e. The lowest BCUT2D eigenvalue weighted by molar-refractivity contribution is -0.123. The van der Waals surface area contributed by atoms with Crippen molar-refractivity contribution in [3.63, 3.8) is 0 Å². The molecule has 0 saturated carbocycles. The van der Waals surface area contributed by atoms with Gasteiger partial charge >= 0.3 is 0 Å². The van der Waals surface area contributed by atoms with Gasteiger partial charge in [0, 0.05) is 18.4 Å². The van der Waals surface area contributed by atoms with Gasteiger partial charge in [0.25, 0.3) is 5.91 Å². The van der Waals surface area contributed by atoms with E-state index >= 15 is 0 Å². The van der Waals surface area contributed by atoms with Gasteiger partial charge < -0.3 is 10.6 Å². The summed E-state index contributed by atoms with van der Waals surface area (Å²) in [5.41, 5.74) is 0.952. The molecule has 0 bridgehead atoms. The quantitative estimate of drug-likeness (QED) is 0.809. The summed E-state index contributed by atoms with van der Waals surface area (Å²) >= 11 is 0. The molecule has 2 heterocycles. The Kier molecular flexibility index (Phi) is 5.32. The normalized spacial score (nSPS) is 19.5. The first-order valence-corrected chi connectivity index (χ1v) is 10.0. The predicted octanol–water partition coefficient (Wildman–Crippen LogP) is 0.856. The van der Waals surface area contributed by atoms with E-state index in [-0.39, 0.29) is 11.5 Å². The van der Waals surface area contributed by atoms with Crippen molar-refractivity contribution in [3.8, 4) is 0 Å². The number of nitrogens with one attached hydrogen (secondary N) is 2. The van der Waals surface area contributed by atoms with E-state index in [4.69, 9.17) is 0 Å². The zero-order valence-electron chi connectivity index (χ0n) is 14.0. The molecule has 2 atom stereocenters. The second-order valence-corrected chi connectivity index (χ2v) is 8.40. The summed E-state index contributed by atoms with van der Waals surface area (Å²) in [5.74, 6) is -0.871. The van der Waals surface area contributed by atoms with E-state index in [0.29, 0.717) is 17.5 Å². The van der Waals surface area contributed by atoms with Crippen molar-refractivity contribution >= 4 is 21.7 Å². The molecule has 0 unspecified atom stereocenters. The summed E-state index contributed by atoms with van der Waals surface area (Å²) in [4.78, 5) is 29.1. The zero-order valence-corrected chi connectivity index (χ0v) is 14.8. The molecule has 2 aromatic rings. The van der Waals surface area contributed by atoms with Crippen LogP contribution in [0.15, 0.2) is 54.9 Å². The van der Waals surface area contributed by atoms with E-state index < -0.39 is 33.7 Å². The van der Waals surface area contributed by atoms with Gasteiger partial charge in [0.2, 0.25) is 5.91 Å². The fourth-order valence-corrected chi connectivity index (χ4v) is 4.52. The number of nitrogens with zero attached hydrogens (tertiary/aromatic N) is 1. The molecule has 1 aromatic carbocycles. The third-order valence-corrected chi connectivity index (χ3v) is 5.94. The number of carbonyl (C=O) groups is 2. The van der Waals surface area contributed by atoms with Crippen molar-refractivity contribution < 1.29 is 18.0 Å². The number of aromatic nitrogens is 1. The monoisotopic (exact) mass is 373 g/mol. The van der Waals surface area contributed by atoms with Crippen LogP contribution >= 0.6 is 0 Å². The Bertz CT molecular complexity index is 885.